The van der Waals surface area contributed by atoms with E-state index in [1.54, 1.807) is 11.1 Å². The fraction of sp³-hybridized carbons (Fsp3) is 0.200. The molecular weight excluding hydrogens is 749 g/mol. The number of fused-ring (bicyclic) bond motifs is 5. The number of rotatable bonds is 7. The summed E-state index contributed by atoms with van der Waals surface area (Å²) in [6.07, 6.45) is 7.25. The van der Waals surface area contributed by atoms with Gasteiger partial charge in [0.2, 0.25) is 0 Å². The number of para-hydroxylation sites is 3. The van der Waals surface area contributed by atoms with Crippen LogP contribution in [0.4, 0.5) is 34.1 Å². The van der Waals surface area contributed by atoms with E-state index in [9.17, 15) is 0 Å². The number of hydrogen-bond acceptors (Lipinski definition) is 2. The molecule has 12 rings (SSSR count). The highest BCUT2D eigenvalue weighted by molar-refractivity contribution is 5.92. The molecule has 0 amide bonds. The average Bonchev–Trinajstić information content (AvgIpc) is 3.87. The van der Waals surface area contributed by atoms with E-state index < -0.39 is 0 Å². The Kier molecular flexibility index (Phi) is 8.68. The first-order valence-corrected chi connectivity index (χ1v) is 22.9. The topological polar surface area (TPSA) is 6.48 Å². The zero-order chi connectivity index (χ0) is 41.4. The largest absolute Gasteiger partial charge is 0.310 e. The number of benzene rings is 8. The third-order valence-corrected chi connectivity index (χ3v) is 15.2. The van der Waals surface area contributed by atoms with Gasteiger partial charge in [0, 0.05) is 33.5 Å². The molecule has 302 valence electrons. The summed E-state index contributed by atoms with van der Waals surface area (Å²) in [6, 6.07) is 73.2. The van der Waals surface area contributed by atoms with Crippen molar-refractivity contribution in [2.45, 2.75) is 63.2 Å². The van der Waals surface area contributed by atoms with E-state index in [1.807, 2.05) is 0 Å². The highest BCUT2D eigenvalue weighted by Gasteiger charge is 2.59. The van der Waals surface area contributed by atoms with Gasteiger partial charge in [-0.3, -0.25) is 0 Å². The van der Waals surface area contributed by atoms with Crippen LogP contribution >= 0.6 is 0 Å². The molecule has 4 aliphatic rings. The van der Waals surface area contributed by atoms with Gasteiger partial charge in [0.05, 0.1) is 17.1 Å². The van der Waals surface area contributed by atoms with Crippen molar-refractivity contribution in [1.29, 1.82) is 0 Å². The van der Waals surface area contributed by atoms with Crippen molar-refractivity contribution < 1.29 is 0 Å². The van der Waals surface area contributed by atoms with Crippen molar-refractivity contribution in [2.75, 3.05) is 9.80 Å². The summed E-state index contributed by atoms with van der Waals surface area (Å²) in [7, 11) is 0. The molecule has 8 aromatic rings. The van der Waals surface area contributed by atoms with Crippen LogP contribution in [0.3, 0.4) is 0 Å². The van der Waals surface area contributed by atoms with E-state index in [0.29, 0.717) is 11.8 Å². The minimum absolute atomic E-state index is 0.102. The minimum Gasteiger partial charge on any atom is -0.310 e. The van der Waals surface area contributed by atoms with Gasteiger partial charge in [0.15, 0.2) is 0 Å². The normalized spacial score (nSPS) is 19.9. The molecule has 4 aliphatic carbocycles. The SMILES string of the molecule is CC1(C)c2ccccc2-c2ccc(N(c3ccccc3)c3cccc4c3C35c6c(cccc6N(c6ccccc6)c6ccccc6-c6ccccc6)CC3CCCCC5C4)cc21. The van der Waals surface area contributed by atoms with Crippen LogP contribution in [0.25, 0.3) is 22.3 Å². The molecule has 0 aromatic heterocycles. The van der Waals surface area contributed by atoms with Crippen LogP contribution in [0, 0.1) is 11.8 Å². The third-order valence-electron chi connectivity index (χ3n) is 15.2. The van der Waals surface area contributed by atoms with Gasteiger partial charge in [0.25, 0.3) is 0 Å². The molecule has 0 heterocycles. The van der Waals surface area contributed by atoms with Crippen LogP contribution in [0.2, 0.25) is 0 Å². The molecule has 3 atom stereocenters. The quantitative estimate of drug-likeness (QED) is 0.158. The molecule has 1 saturated carbocycles. The molecule has 62 heavy (non-hydrogen) atoms. The van der Waals surface area contributed by atoms with E-state index in [4.69, 9.17) is 0 Å². The minimum atomic E-state index is -0.164. The molecule has 0 bridgehead atoms. The van der Waals surface area contributed by atoms with Gasteiger partial charge < -0.3 is 9.80 Å². The Labute approximate surface area is 367 Å². The van der Waals surface area contributed by atoms with Crippen LogP contribution in [0.5, 0.6) is 0 Å². The zero-order valence-electron chi connectivity index (χ0n) is 35.8. The summed E-state index contributed by atoms with van der Waals surface area (Å²) >= 11 is 0. The van der Waals surface area contributed by atoms with Crippen LogP contribution in [-0.2, 0) is 23.7 Å². The lowest BCUT2D eigenvalue weighted by Crippen LogP contribution is -2.39. The second-order valence-electron chi connectivity index (χ2n) is 18.7. The van der Waals surface area contributed by atoms with Gasteiger partial charge in [0.1, 0.15) is 0 Å². The van der Waals surface area contributed by atoms with Gasteiger partial charge in [-0.1, -0.05) is 166 Å². The lowest BCUT2D eigenvalue weighted by Gasteiger charge is -2.43. The maximum absolute atomic E-state index is 2.62. The molecule has 8 aromatic carbocycles. The van der Waals surface area contributed by atoms with Crippen molar-refractivity contribution in [3.05, 3.63) is 228 Å². The van der Waals surface area contributed by atoms with Crippen molar-refractivity contribution in [3.63, 3.8) is 0 Å². The Morgan fingerprint density at radius 1 is 0.403 bits per heavy atom. The maximum Gasteiger partial charge on any atom is 0.0540 e. The molecule has 2 nitrogen and oxygen atoms in total. The van der Waals surface area contributed by atoms with Gasteiger partial charge >= 0.3 is 0 Å². The summed E-state index contributed by atoms with van der Waals surface area (Å²) in [5, 5.41) is 0. The van der Waals surface area contributed by atoms with Crippen LogP contribution in [0.1, 0.15) is 72.9 Å². The Hall–Kier alpha value is -6.64. The fourth-order valence-electron chi connectivity index (χ4n) is 12.8. The van der Waals surface area contributed by atoms with E-state index in [1.165, 1.54) is 104 Å². The van der Waals surface area contributed by atoms with E-state index in [-0.39, 0.29) is 10.8 Å². The molecule has 0 N–H and O–H groups in total. The van der Waals surface area contributed by atoms with Gasteiger partial charge in [-0.2, -0.15) is 0 Å². The maximum atomic E-state index is 2.62. The van der Waals surface area contributed by atoms with Crippen molar-refractivity contribution >= 4 is 34.1 Å². The summed E-state index contributed by atoms with van der Waals surface area (Å²) in [4.78, 5) is 5.23. The molecule has 1 fully saturated rings. The third kappa shape index (κ3) is 5.48. The highest BCUT2D eigenvalue weighted by Crippen LogP contribution is 2.67. The predicted octanol–water partition coefficient (Wildman–Crippen LogP) is 15.8. The van der Waals surface area contributed by atoms with Gasteiger partial charge in [-0.15, -0.1) is 0 Å². The first-order chi connectivity index (χ1) is 30.5. The summed E-state index contributed by atoms with van der Waals surface area (Å²) in [5.74, 6) is 1.00. The molecule has 0 aliphatic heterocycles. The van der Waals surface area contributed by atoms with E-state index in [2.05, 4.69) is 218 Å². The fourth-order valence-corrected chi connectivity index (χ4v) is 12.8. The van der Waals surface area contributed by atoms with Crippen molar-refractivity contribution in [2.24, 2.45) is 11.8 Å². The molecule has 3 unspecified atom stereocenters. The first-order valence-electron chi connectivity index (χ1n) is 22.9. The predicted molar refractivity (Wildman–Crippen MR) is 259 cm³/mol. The van der Waals surface area contributed by atoms with Crippen LogP contribution < -0.4 is 9.80 Å². The lowest BCUT2D eigenvalue weighted by atomic mass is 9.63. The summed E-state index contributed by atoms with van der Waals surface area (Å²) < 4.78 is 0. The van der Waals surface area contributed by atoms with Gasteiger partial charge in [-0.05, 0) is 142 Å². The van der Waals surface area contributed by atoms with Crippen molar-refractivity contribution in [3.8, 4) is 22.3 Å². The molecule has 0 radical (unpaired) electrons. The Balaban J connectivity index is 1.12. The zero-order valence-corrected chi connectivity index (χ0v) is 35.8. The molecular formula is C60H52N2. The highest BCUT2D eigenvalue weighted by atomic mass is 15.2. The molecule has 2 heteroatoms. The Morgan fingerprint density at radius 2 is 0.903 bits per heavy atom. The van der Waals surface area contributed by atoms with E-state index in [0.717, 1.165) is 12.8 Å². The van der Waals surface area contributed by atoms with E-state index >= 15 is 0 Å². The van der Waals surface area contributed by atoms with Gasteiger partial charge in [-0.25, -0.2) is 0 Å². The number of anilines is 6. The monoisotopic (exact) mass is 800 g/mol. The number of hydrogen-bond donors (Lipinski definition) is 0. The second kappa shape index (κ2) is 14.5. The second-order valence-corrected chi connectivity index (χ2v) is 18.7. The molecule has 1 spiro atoms. The standard InChI is InChI=1S/C60H52N2/c1-59(2)52-32-16-14-31-50(52)51-37-36-48(40-53(51)59)61(46-26-8-4-9-27-46)55-34-18-22-42-38-44-24-12-13-25-45-39-43-23-19-35-56(58(43)60(44,45)57(42)55)62(47-28-10-5-11-29-47)54-33-17-15-30-49(54)41-20-6-3-7-21-41/h3-11,14-23,26-37,40,44-45H,12-13,24-25,38-39H2,1-2H3. The van der Waals surface area contributed by atoms with Crippen LogP contribution in [0.15, 0.2) is 194 Å². The summed E-state index contributed by atoms with van der Waals surface area (Å²) in [6.45, 7) is 4.80. The van der Waals surface area contributed by atoms with Crippen molar-refractivity contribution in [1.82, 2.24) is 0 Å². The average molecular weight is 801 g/mol. The lowest BCUT2D eigenvalue weighted by molar-refractivity contribution is 0.258. The Bertz CT molecular complexity index is 2960. The molecule has 0 saturated heterocycles. The van der Waals surface area contributed by atoms with Crippen LogP contribution in [-0.4, -0.2) is 0 Å². The summed E-state index contributed by atoms with van der Waals surface area (Å²) in [5.41, 5.74) is 21.3. The smallest absolute Gasteiger partial charge is 0.0540 e. The number of nitrogens with zero attached hydrogens (tertiary/aromatic N) is 2. The first kappa shape index (κ1) is 37.1. The Morgan fingerprint density at radius 3 is 1.55 bits per heavy atom.